The standard InChI is InChI=1S/C7H7Br2NO/c1-3-5(8)4(2)10-7(11)6(3)9/h1-2H3,(H,10,11). The average molecular weight is 281 g/mol. The number of aromatic amines is 1. The summed E-state index contributed by atoms with van der Waals surface area (Å²) in [6.07, 6.45) is 0. The summed E-state index contributed by atoms with van der Waals surface area (Å²) in [5, 5.41) is 0. The van der Waals surface area contributed by atoms with Crippen LogP contribution in [0.1, 0.15) is 11.3 Å². The van der Waals surface area contributed by atoms with Crippen molar-refractivity contribution in [1.29, 1.82) is 0 Å². The van der Waals surface area contributed by atoms with E-state index >= 15 is 0 Å². The molecular formula is C7H7Br2NO. The smallest absolute Gasteiger partial charge is 0.262 e. The van der Waals surface area contributed by atoms with Gasteiger partial charge in [0.25, 0.3) is 5.56 Å². The highest BCUT2D eigenvalue weighted by Gasteiger charge is 2.06. The molecule has 4 heteroatoms. The van der Waals surface area contributed by atoms with Gasteiger partial charge in [-0.15, -0.1) is 0 Å². The molecule has 60 valence electrons. The van der Waals surface area contributed by atoms with Crippen molar-refractivity contribution in [3.05, 3.63) is 30.6 Å². The number of H-pyrrole nitrogens is 1. The van der Waals surface area contributed by atoms with Crippen molar-refractivity contribution in [2.24, 2.45) is 0 Å². The predicted molar refractivity (Wildman–Crippen MR) is 51.9 cm³/mol. The number of halogens is 2. The number of hydrogen-bond acceptors (Lipinski definition) is 1. The molecule has 0 aliphatic rings. The molecule has 0 radical (unpaired) electrons. The molecule has 1 aromatic heterocycles. The van der Waals surface area contributed by atoms with Crippen molar-refractivity contribution in [3.63, 3.8) is 0 Å². The van der Waals surface area contributed by atoms with Crippen LogP contribution in [0.15, 0.2) is 13.7 Å². The van der Waals surface area contributed by atoms with Crippen LogP contribution in [0.5, 0.6) is 0 Å². The van der Waals surface area contributed by atoms with Crippen LogP contribution in [0.4, 0.5) is 0 Å². The SMILES string of the molecule is Cc1[nH]c(=O)c(Br)c(C)c1Br. The van der Waals surface area contributed by atoms with E-state index in [2.05, 4.69) is 36.8 Å². The first kappa shape index (κ1) is 9.00. The van der Waals surface area contributed by atoms with Gasteiger partial charge in [0.1, 0.15) is 0 Å². The van der Waals surface area contributed by atoms with Gasteiger partial charge in [0, 0.05) is 10.2 Å². The van der Waals surface area contributed by atoms with Gasteiger partial charge in [-0.25, -0.2) is 0 Å². The lowest BCUT2D eigenvalue weighted by atomic mass is 10.2. The van der Waals surface area contributed by atoms with Crippen LogP contribution in [0.2, 0.25) is 0 Å². The van der Waals surface area contributed by atoms with Crippen LogP contribution in [-0.2, 0) is 0 Å². The van der Waals surface area contributed by atoms with Crippen molar-refractivity contribution >= 4 is 31.9 Å². The summed E-state index contributed by atoms with van der Waals surface area (Å²) >= 11 is 6.55. The summed E-state index contributed by atoms with van der Waals surface area (Å²) < 4.78 is 1.54. The van der Waals surface area contributed by atoms with E-state index in [-0.39, 0.29) is 5.56 Å². The summed E-state index contributed by atoms with van der Waals surface area (Å²) in [7, 11) is 0. The molecule has 11 heavy (non-hydrogen) atoms. The highest BCUT2D eigenvalue weighted by molar-refractivity contribution is 9.11. The van der Waals surface area contributed by atoms with Crippen LogP contribution in [0.25, 0.3) is 0 Å². The molecule has 0 saturated heterocycles. The molecule has 1 aromatic rings. The van der Waals surface area contributed by atoms with E-state index in [1.165, 1.54) is 0 Å². The van der Waals surface area contributed by atoms with Gasteiger partial charge in [-0.2, -0.15) is 0 Å². The third-order valence-electron chi connectivity index (χ3n) is 1.49. The fourth-order valence-corrected chi connectivity index (χ4v) is 1.69. The molecule has 0 atom stereocenters. The maximum absolute atomic E-state index is 11.1. The Bertz CT molecular complexity index is 343. The third-order valence-corrected chi connectivity index (χ3v) is 3.63. The van der Waals surface area contributed by atoms with Crippen molar-refractivity contribution < 1.29 is 0 Å². The normalized spacial score (nSPS) is 10.2. The predicted octanol–water partition coefficient (Wildman–Crippen LogP) is 2.52. The lowest BCUT2D eigenvalue weighted by Crippen LogP contribution is -2.10. The number of rotatable bonds is 0. The Hall–Kier alpha value is -0.0900. The first-order valence-electron chi connectivity index (χ1n) is 3.08. The van der Waals surface area contributed by atoms with Crippen molar-refractivity contribution in [1.82, 2.24) is 4.98 Å². The van der Waals surface area contributed by atoms with E-state index in [0.717, 1.165) is 15.7 Å². The number of pyridine rings is 1. The number of hydrogen-bond donors (Lipinski definition) is 1. The lowest BCUT2D eigenvalue weighted by molar-refractivity contribution is 1.08. The quantitative estimate of drug-likeness (QED) is 0.778. The largest absolute Gasteiger partial charge is 0.324 e. The Morgan fingerprint density at radius 2 is 1.73 bits per heavy atom. The van der Waals surface area contributed by atoms with E-state index in [9.17, 15) is 4.79 Å². The van der Waals surface area contributed by atoms with Crippen LogP contribution in [0, 0.1) is 13.8 Å². The molecule has 1 heterocycles. The Labute approximate surface area is 81.3 Å². The molecule has 0 saturated carbocycles. The maximum atomic E-state index is 11.1. The number of aryl methyl sites for hydroxylation is 1. The van der Waals surface area contributed by atoms with E-state index in [4.69, 9.17) is 0 Å². The van der Waals surface area contributed by atoms with Crippen LogP contribution in [-0.4, -0.2) is 4.98 Å². The molecule has 0 spiro atoms. The molecule has 0 amide bonds. The Kier molecular flexibility index (Phi) is 2.54. The van der Waals surface area contributed by atoms with E-state index in [0.29, 0.717) is 4.47 Å². The molecular weight excluding hydrogens is 274 g/mol. The van der Waals surface area contributed by atoms with Crippen LogP contribution >= 0.6 is 31.9 Å². The molecule has 0 bridgehead atoms. The zero-order valence-electron chi connectivity index (χ0n) is 6.16. The van der Waals surface area contributed by atoms with Gasteiger partial charge in [0.2, 0.25) is 0 Å². The highest BCUT2D eigenvalue weighted by Crippen LogP contribution is 2.22. The number of nitrogens with one attached hydrogen (secondary N) is 1. The van der Waals surface area contributed by atoms with Crippen molar-refractivity contribution in [3.8, 4) is 0 Å². The van der Waals surface area contributed by atoms with Gasteiger partial charge in [-0.1, -0.05) is 0 Å². The minimum absolute atomic E-state index is 0.0804. The molecule has 0 fully saturated rings. The van der Waals surface area contributed by atoms with Gasteiger partial charge >= 0.3 is 0 Å². The Morgan fingerprint density at radius 1 is 1.18 bits per heavy atom. The molecule has 2 nitrogen and oxygen atoms in total. The van der Waals surface area contributed by atoms with Crippen LogP contribution < -0.4 is 5.56 Å². The second-order valence-electron chi connectivity index (χ2n) is 2.33. The summed E-state index contributed by atoms with van der Waals surface area (Å²) in [6, 6.07) is 0. The first-order chi connectivity index (χ1) is 5.04. The monoisotopic (exact) mass is 279 g/mol. The molecule has 0 aliphatic heterocycles. The fourth-order valence-electron chi connectivity index (χ4n) is 0.828. The van der Waals surface area contributed by atoms with Gasteiger partial charge in [-0.3, -0.25) is 4.79 Å². The molecule has 1 rings (SSSR count). The zero-order valence-corrected chi connectivity index (χ0v) is 9.34. The summed E-state index contributed by atoms with van der Waals surface area (Å²) in [5.41, 5.74) is 1.71. The maximum Gasteiger partial charge on any atom is 0.262 e. The minimum Gasteiger partial charge on any atom is -0.324 e. The van der Waals surface area contributed by atoms with E-state index in [1.54, 1.807) is 0 Å². The fraction of sp³-hybridized carbons (Fsp3) is 0.286. The second-order valence-corrected chi connectivity index (χ2v) is 3.92. The van der Waals surface area contributed by atoms with Gasteiger partial charge < -0.3 is 4.98 Å². The van der Waals surface area contributed by atoms with Gasteiger partial charge in [0.05, 0.1) is 4.47 Å². The first-order valence-corrected chi connectivity index (χ1v) is 4.67. The summed E-state index contributed by atoms with van der Waals surface area (Å²) in [4.78, 5) is 13.8. The summed E-state index contributed by atoms with van der Waals surface area (Å²) in [5.74, 6) is 0. The molecule has 0 aromatic carbocycles. The third kappa shape index (κ3) is 1.56. The minimum atomic E-state index is -0.0804. The molecule has 0 unspecified atom stereocenters. The van der Waals surface area contributed by atoms with Crippen molar-refractivity contribution in [2.75, 3.05) is 0 Å². The number of aromatic nitrogens is 1. The second kappa shape index (κ2) is 3.11. The topological polar surface area (TPSA) is 32.9 Å². The molecule has 1 N–H and O–H groups in total. The lowest BCUT2D eigenvalue weighted by Gasteiger charge is -2.02. The Balaban J connectivity index is 3.59. The van der Waals surface area contributed by atoms with Crippen molar-refractivity contribution in [2.45, 2.75) is 13.8 Å². The molecule has 0 aliphatic carbocycles. The van der Waals surface area contributed by atoms with Gasteiger partial charge in [-0.05, 0) is 51.3 Å². The van der Waals surface area contributed by atoms with Crippen LogP contribution in [0.3, 0.4) is 0 Å². The van der Waals surface area contributed by atoms with Gasteiger partial charge in [0.15, 0.2) is 0 Å². The Morgan fingerprint density at radius 3 is 2.27 bits per heavy atom. The van der Waals surface area contributed by atoms with E-state index < -0.39 is 0 Å². The van der Waals surface area contributed by atoms with E-state index in [1.807, 2.05) is 13.8 Å². The summed E-state index contributed by atoms with van der Waals surface area (Å²) in [6.45, 7) is 3.74. The highest BCUT2D eigenvalue weighted by atomic mass is 79.9. The average Bonchev–Trinajstić information content (AvgIpc) is 1.97. The zero-order chi connectivity index (χ0) is 8.59.